The van der Waals surface area contributed by atoms with E-state index in [0.717, 1.165) is 31.6 Å². The Balaban J connectivity index is 1.99. The van der Waals surface area contributed by atoms with Crippen LogP contribution in [0.1, 0.15) is 46.5 Å². The third kappa shape index (κ3) is 5.31. The highest BCUT2D eigenvalue weighted by Gasteiger charge is 2.20. The number of likely N-dealkylation sites (tertiary alicyclic amines) is 1. The van der Waals surface area contributed by atoms with Gasteiger partial charge in [0, 0.05) is 13.2 Å². The molecule has 0 atom stereocenters. The Morgan fingerprint density at radius 1 is 1.19 bits per heavy atom. The van der Waals surface area contributed by atoms with E-state index in [9.17, 15) is 0 Å². The Morgan fingerprint density at radius 3 is 2.44 bits per heavy atom. The van der Waals surface area contributed by atoms with Gasteiger partial charge in [-0.25, -0.2) is 0 Å². The average Bonchev–Trinajstić information content (AvgIpc) is 2.29. The summed E-state index contributed by atoms with van der Waals surface area (Å²) < 4.78 is 5.61. The molecular weight excluding hydrogens is 198 g/mol. The molecule has 0 amide bonds. The van der Waals surface area contributed by atoms with Crippen LogP contribution in [0.15, 0.2) is 0 Å². The van der Waals surface area contributed by atoms with Crippen LogP contribution in [0.3, 0.4) is 0 Å². The second kappa shape index (κ2) is 8.08. The van der Waals surface area contributed by atoms with Crippen LogP contribution in [0.4, 0.5) is 0 Å². The SMILES string of the molecule is CCCCOCCN1CCC(C(C)C)CC1. The highest BCUT2D eigenvalue weighted by Crippen LogP contribution is 2.23. The number of unbranched alkanes of at least 4 members (excludes halogenated alkanes) is 1. The second-order valence-electron chi connectivity index (χ2n) is 5.39. The van der Waals surface area contributed by atoms with Gasteiger partial charge in [0.05, 0.1) is 6.61 Å². The normalized spacial score (nSPS) is 19.5. The first kappa shape index (κ1) is 14.0. The highest BCUT2D eigenvalue weighted by molar-refractivity contribution is 4.73. The third-order valence-electron chi connectivity index (χ3n) is 3.77. The van der Waals surface area contributed by atoms with Gasteiger partial charge in [0.15, 0.2) is 0 Å². The molecule has 0 radical (unpaired) electrons. The molecule has 1 heterocycles. The Hall–Kier alpha value is -0.0800. The summed E-state index contributed by atoms with van der Waals surface area (Å²) in [6, 6.07) is 0. The number of hydrogen-bond acceptors (Lipinski definition) is 2. The fourth-order valence-electron chi connectivity index (χ4n) is 2.39. The lowest BCUT2D eigenvalue weighted by Gasteiger charge is -2.33. The molecule has 1 fully saturated rings. The van der Waals surface area contributed by atoms with Gasteiger partial charge in [-0.15, -0.1) is 0 Å². The van der Waals surface area contributed by atoms with Crippen molar-refractivity contribution in [3.05, 3.63) is 0 Å². The largest absolute Gasteiger partial charge is 0.380 e. The van der Waals surface area contributed by atoms with Crippen LogP contribution in [0.5, 0.6) is 0 Å². The fraction of sp³-hybridized carbons (Fsp3) is 1.00. The minimum Gasteiger partial charge on any atom is -0.380 e. The second-order valence-corrected chi connectivity index (χ2v) is 5.39. The molecule has 1 saturated heterocycles. The summed E-state index contributed by atoms with van der Waals surface area (Å²) in [5.74, 6) is 1.82. The van der Waals surface area contributed by atoms with Crippen molar-refractivity contribution in [3.63, 3.8) is 0 Å². The maximum Gasteiger partial charge on any atom is 0.0593 e. The molecule has 0 saturated carbocycles. The zero-order valence-electron chi connectivity index (χ0n) is 11.4. The summed E-state index contributed by atoms with van der Waals surface area (Å²) >= 11 is 0. The molecule has 1 aliphatic rings. The quantitative estimate of drug-likeness (QED) is 0.619. The molecule has 1 rings (SSSR count). The van der Waals surface area contributed by atoms with E-state index < -0.39 is 0 Å². The molecule has 2 nitrogen and oxygen atoms in total. The van der Waals surface area contributed by atoms with E-state index in [0.29, 0.717) is 0 Å². The minimum absolute atomic E-state index is 0.864. The van der Waals surface area contributed by atoms with Crippen LogP contribution >= 0.6 is 0 Å². The number of ether oxygens (including phenoxy) is 1. The fourth-order valence-corrected chi connectivity index (χ4v) is 2.39. The first-order valence-electron chi connectivity index (χ1n) is 7.04. The predicted octanol–water partition coefficient (Wildman–Crippen LogP) is 3.17. The van der Waals surface area contributed by atoms with Crippen molar-refractivity contribution < 1.29 is 4.74 Å². The Morgan fingerprint density at radius 2 is 1.88 bits per heavy atom. The molecule has 0 spiro atoms. The van der Waals surface area contributed by atoms with Crippen molar-refractivity contribution in [2.75, 3.05) is 32.8 Å². The topological polar surface area (TPSA) is 12.5 Å². The van der Waals surface area contributed by atoms with Crippen LogP contribution in [0.25, 0.3) is 0 Å². The zero-order chi connectivity index (χ0) is 11.8. The van der Waals surface area contributed by atoms with E-state index in [4.69, 9.17) is 4.74 Å². The van der Waals surface area contributed by atoms with Crippen molar-refractivity contribution >= 4 is 0 Å². The van der Waals surface area contributed by atoms with Gasteiger partial charge in [-0.05, 0) is 44.2 Å². The molecule has 0 aromatic rings. The van der Waals surface area contributed by atoms with Gasteiger partial charge >= 0.3 is 0 Å². The van der Waals surface area contributed by atoms with Gasteiger partial charge < -0.3 is 9.64 Å². The maximum atomic E-state index is 5.61. The summed E-state index contributed by atoms with van der Waals surface area (Å²) in [7, 11) is 0. The number of piperidine rings is 1. The summed E-state index contributed by atoms with van der Waals surface area (Å²) in [4.78, 5) is 2.56. The molecule has 0 bridgehead atoms. The minimum atomic E-state index is 0.864. The van der Waals surface area contributed by atoms with Crippen molar-refractivity contribution in [1.29, 1.82) is 0 Å². The summed E-state index contributed by atoms with van der Waals surface area (Å²) in [5, 5.41) is 0. The Labute approximate surface area is 101 Å². The maximum absolute atomic E-state index is 5.61. The number of rotatable bonds is 7. The summed E-state index contributed by atoms with van der Waals surface area (Å²) in [6.45, 7) is 12.5. The lowest BCUT2D eigenvalue weighted by molar-refractivity contribution is 0.0815. The standard InChI is InChI=1S/C14H29NO/c1-4-5-11-16-12-10-15-8-6-14(7-9-15)13(2)3/h13-14H,4-12H2,1-3H3. The first-order chi connectivity index (χ1) is 7.74. The lowest BCUT2D eigenvalue weighted by atomic mass is 9.87. The molecule has 0 N–H and O–H groups in total. The first-order valence-corrected chi connectivity index (χ1v) is 7.04. The van der Waals surface area contributed by atoms with Gasteiger partial charge in [0.25, 0.3) is 0 Å². The molecular formula is C14H29NO. The van der Waals surface area contributed by atoms with Gasteiger partial charge in [-0.1, -0.05) is 27.2 Å². The van der Waals surface area contributed by atoms with Gasteiger partial charge in [0.1, 0.15) is 0 Å². The van der Waals surface area contributed by atoms with Crippen LogP contribution in [-0.4, -0.2) is 37.7 Å². The number of nitrogens with zero attached hydrogens (tertiary/aromatic N) is 1. The predicted molar refractivity (Wildman–Crippen MR) is 69.7 cm³/mol. The van der Waals surface area contributed by atoms with Crippen LogP contribution in [0, 0.1) is 11.8 Å². The Kier molecular flexibility index (Phi) is 7.06. The van der Waals surface area contributed by atoms with Gasteiger partial charge in [-0.2, -0.15) is 0 Å². The summed E-state index contributed by atoms with van der Waals surface area (Å²) in [6.07, 6.45) is 5.20. The van der Waals surface area contributed by atoms with Crippen molar-refractivity contribution in [2.45, 2.75) is 46.5 Å². The number of hydrogen-bond donors (Lipinski definition) is 0. The molecule has 16 heavy (non-hydrogen) atoms. The highest BCUT2D eigenvalue weighted by atomic mass is 16.5. The molecule has 0 aromatic heterocycles. The van der Waals surface area contributed by atoms with E-state index in [1.54, 1.807) is 0 Å². The third-order valence-corrected chi connectivity index (χ3v) is 3.77. The van der Waals surface area contributed by atoms with E-state index in [1.807, 2.05) is 0 Å². The smallest absolute Gasteiger partial charge is 0.0593 e. The molecule has 1 aliphatic heterocycles. The average molecular weight is 227 g/mol. The molecule has 0 aromatic carbocycles. The van der Waals surface area contributed by atoms with E-state index in [2.05, 4.69) is 25.7 Å². The molecule has 96 valence electrons. The monoisotopic (exact) mass is 227 g/mol. The van der Waals surface area contributed by atoms with Crippen LogP contribution in [-0.2, 0) is 4.74 Å². The van der Waals surface area contributed by atoms with E-state index >= 15 is 0 Å². The van der Waals surface area contributed by atoms with Crippen molar-refractivity contribution in [1.82, 2.24) is 4.90 Å². The van der Waals surface area contributed by atoms with Crippen LogP contribution < -0.4 is 0 Å². The zero-order valence-corrected chi connectivity index (χ0v) is 11.4. The van der Waals surface area contributed by atoms with Crippen molar-refractivity contribution in [3.8, 4) is 0 Å². The molecule has 0 aliphatic carbocycles. The van der Waals surface area contributed by atoms with Gasteiger partial charge in [0.2, 0.25) is 0 Å². The summed E-state index contributed by atoms with van der Waals surface area (Å²) in [5.41, 5.74) is 0. The van der Waals surface area contributed by atoms with E-state index in [-0.39, 0.29) is 0 Å². The van der Waals surface area contributed by atoms with Crippen LogP contribution in [0.2, 0.25) is 0 Å². The Bertz CT molecular complexity index is 162. The van der Waals surface area contributed by atoms with Crippen molar-refractivity contribution in [2.24, 2.45) is 11.8 Å². The molecule has 2 heteroatoms. The van der Waals surface area contributed by atoms with Gasteiger partial charge in [-0.3, -0.25) is 0 Å². The molecule has 0 unspecified atom stereocenters. The van der Waals surface area contributed by atoms with E-state index in [1.165, 1.54) is 38.8 Å². The lowest BCUT2D eigenvalue weighted by Crippen LogP contribution is -2.37.